The molecule has 0 aliphatic rings. The van der Waals surface area contributed by atoms with Crippen LogP contribution in [0.15, 0.2) is 113 Å². The van der Waals surface area contributed by atoms with Crippen LogP contribution in [-0.2, 0) is 0 Å². The van der Waals surface area contributed by atoms with E-state index in [-0.39, 0.29) is 5.69 Å². The molecule has 0 bridgehead atoms. The van der Waals surface area contributed by atoms with Crippen LogP contribution in [0.25, 0.3) is 0 Å². The Morgan fingerprint density at radius 1 is 0.625 bits per heavy atom. The van der Waals surface area contributed by atoms with Gasteiger partial charge in [-0.3, -0.25) is 10.1 Å². The number of para-hydroxylation sites is 1. The van der Waals surface area contributed by atoms with Crippen molar-refractivity contribution in [3.8, 4) is 11.5 Å². The van der Waals surface area contributed by atoms with Gasteiger partial charge in [0.2, 0.25) is 0 Å². The zero-order valence-electron chi connectivity index (χ0n) is 16.9. The molecule has 0 amide bonds. The molecule has 2 N–H and O–H groups in total. The van der Waals surface area contributed by atoms with Crippen molar-refractivity contribution in [3.63, 3.8) is 0 Å². The number of benzene rings is 4. The maximum Gasteiger partial charge on any atom is 0.269 e. The summed E-state index contributed by atoms with van der Waals surface area (Å²) in [6.45, 7) is 0. The second-order valence-electron chi connectivity index (χ2n) is 6.71. The minimum atomic E-state index is -0.451. The minimum absolute atomic E-state index is 0.0187. The molecule has 4 aromatic rings. The molecular formula is C24H19N5O3. The van der Waals surface area contributed by atoms with Crippen molar-refractivity contribution in [2.24, 2.45) is 10.2 Å². The minimum Gasteiger partial charge on any atom is -0.457 e. The third-order valence-corrected chi connectivity index (χ3v) is 4.39. The molecule has 32 heavy (non-hydrogen) atoms. The van der Waals surface area contributed by atoms with Crippen LogP contribution in [-0.4, -0.2) is 4.92 Å². The third kappa shape index (κ3) is 5.67. The summed E-state index contributed by atoms with van der Waals surface area (Å²) in [6.07, 6.45) is 0. The van der Waals surface area contributed by atoms with Gasteiger partial charge in [-0.05, 0) is 72.8 Å². The van der Waals surface area contributed by atoms with E-state index in [0.29, 0.717) is 11.4 Å². The molecule has 0 aliphatic carbocycles. The Morgan fingerprint density at radius 3 is 1.62 bits per heavy atom. The highest BCUT2D eigenvalue weighted by atomic mass is 16.6. The van der Waals surface area contributed by atoms with Crippen molar-refractivity contribution in [3.05, 3.63) is 113 Å². The molecule has 0 radical (unpaired) electrons. The molecule has 0 heterocycles. The molecule has 4 rings (SSSR count). The molecule has 8 nitrogen and oxygen atoms in total. The zero-order chi connectivity index (χ0) is 22.2. The Morgan fingerprint density at radius 2 is 1.09 bits per heavy atom. The van der Waals surface area contributed by atoms with Crippen LogP contribution in [0.3, 0.4) is 0 Å². The SMILES string of the molecule is O=[N+]([O-])c1ccc(N=Nc2ccc(NNc3ccc(Oc4ccccc4)cc3)cc2)cc1. The Bertz CT molecular complexity index is 1190. The quantitative estimate of drug-likeness (QED) is 0.176. The number of hydrazine groups is 1. The Hall–Kier alpha value is -4.72. The summed E-state index contributed by atoms with van der Waals surface area (Å²) in [4.78, 5) is 10.2. The number of nitrogens with zero attached hydrogens (tertiary/aromatic N) is 3. The van der Waals surface area contributed by atoms with Gasteiger partial charge in [0.1, 0.15) is 11.5 Å². The largest absolute Gasteiger partial charge is 0.457 e. The fourth-order valence-electron chi connectivity index (χ4n) is 2.74. The van der Waals surface area contributed by atoms with Gasteiger partial charge in [0.05, 0.1) is 27.7 Å². The number of azo groups is 1. The first-order valence-electron chi connectivity index (χ1n) is 9.77. The van der Waals surface area contributed by atoms with Gasteiger partial charge < -0.3 is 15.6 Å². The number of rotatable bonds is 8. The standard InChI is InChI=1S/C24H19N5O3/c30-29(31)22-14-10-20(11-15-22)27-25-18-6-8-19(9-7-18)26-28-21-12-16-24(17-13-21)32-23-4-2-1-3-5-23/h1-17,26,28H. The summed E-state index contributed by atoms with van der Waals surface area (Å²) in [7, 11) is 0. The number of ether oxygens (including phenoxy) is 1. The maximum atomic E-state index is 10.7. The molecule has 0 fully saturated rings. The summed E-state index contributed by atoms with van der Waals surface area (Å²) in [6, 6.07) is 30.5. The van der Waals surface area contributed by atoms with E-state index in [9.17, 15) is 10.1 Å². The third-order valence-electron chi connectivity index (χ3n) is 4.39. The van der Waals surface area contributed by atoms with Gasteiger partial charge in [-0.15, -0.1) is 0 Å². The molecule has 0 unspecified atom stereocenters. The number of hydrogen-bond acceptors (Lipinski definition) is 7. The average molecular weight is 425 g/mol. The summed E-state index contributed by atoms with van der Waals surface area (Å²) >= 11 is 0. The smallest absolute Gasteiger partial charge is 0.269 e. The van der Waals surface area contributed by atoms with Gasteiger partial charge in [0, 0.05) is 12.1 Å². The predicted octanol–water partition coefficient (Wildman–Crippen LogP) is 7.24. The summed E-state index contributed by atoms with van der Waals surface area (Å²) in [5, 5.41) is 18.9. The molecule has 0 saturated heterocycles. The monoisotopic (exact) mass is 425 g/mol. The van der Waals surface area contributed by atoms with Gasteiger partial charge >= 0.3 is 0 Å². The van der Waals surface area contributed by atoms with E-state index < -0.39 is 4.92 Å². The van der Waals surface area contributed by atoms with E-state index in [1.807, 2.05) is 78.9 Å². The van der Waals surface area contributed by atoms with Crippen LogP contribution in [0.5, 0.6) is 11.5 Å². The molecule has 0 aliphatic heterocycles. The molecular weight excluding hydrogens is 406 g/mol. The van der Waals surface area contributed by atoms with Crippen molar-refractivity contribution in [2.45, 2.75) is 0 Å². The van der Waals surface area contributed by atoms with E-state index in [1.165, 1.54) is 12.1 Å². The summed E-state index contributed by atoms with van der Waals surface area (Å²) < 4.78 is 5.78. The predicted molar refractivity (Wildman–Crippen MR) is 124 cm³/mol. The van der Waals surface area contributed by atoms with Gasteiger partial charge in [-0.1, -0.05) is 18.2 Å². The van der Waals surface area contributed by atoms with Gasteiger partial charge in [0.15, 0.2) is 0 Å². The number of nitrogens with one attached hydrogen (secondary N) is 2. The molecule has 0 spiro atoms. The van der Waals surface area contributed by atoms with Crippen LogP contribution in [0.4, 0.5) is 28.4 Å². The van der Waals surface area contributed by atoms with Crippen molar-refractivity contribution in [1.82, 2.24) is 0 Å². The van der Waals surface area contributed by atoms with E-state index in [1.54, 1.807) is 12.1 Å². The molecule has 158 valence electrons. The van der Waals surface area contributed by atoms with Crippen LogP contribution >= 0.6 is 0 Å². The number of hydrogen-bond donors (Lipinski definition) is 2. The number of nitro benzene ring substituents is 1. The first kappa shape index (κ1) is 20.5. The Labute approximate surface area is 184 Å². The van der Waals surface area contributed by atoms with Gasteiger partial charge in [0.25, 0.3) is 5.69 Å². The average Bonchev–Trinajstić information content (AvgIpc) is 2.84. The van der Waals surface area contributed by atoms with Crippen LogP contribution in [0.2, 0.25) is 0 Å². The second-order valence-corrected chi connectivity index (χ2v) is 6.71. The topological polar surface area (TPSA) is 101 Å². The van der Waals surface area contributed by atoms with E-state index in [2.05, 4.69) is 21.1 Å². The van der Waals surface area contributed by atoms with E-state index in [4.69, 9.17) is 4.74 Å². The molecule has 8 heteroatoms. The lowest BCUT2D eigenvalue weighted by atomic mass is 10.3. The normalized spacial score (nSPS) is 10.6. The van der Waals surface area contributed by atoms with Crippen LogP contribution in [0.1, 0.15) is 0 Å². The molecule has 0 atom stereocenters. The first-order chi connectivity index (χ1) is 15.7. The lowest BCUT2D eigenvalue weighted by Gasteiger charge is -2.11. The Balaban J connectivity index is 1.29. The first-order valence-corrected chi connectivity index (χ1v) is 9.77. The highest BCUT2D eigenvalue weighted by Gasteiger charge is 2.03. The van der Waals surface area contributed by atoms with Crippen LogP contribution in [0, 0.1) is 10.1 Å². The fourth-order valence-corrected chi connectivity index (χ4v) is 2.74. The van der Waals surface area contributed by atoms with Gasteiger partial charge in [-0.2, -0.15) is 10.2 Å². The van der Waals surface area contributed by atoms with Crippen molar-refractivity contribution in [1.29, 1.82) is 0 Å². The van der Waals surface area contributed by atoms with E-state index >= 15 is 0 Å². The number of nitro groups is 1. The molecule has 0 aromatic heterocycles. The highest BCUT2D eigenvalue weighted by Crippen LogP contribution is 2.24. The van der Waals surface area contributed by atoms with Crippen LogP contribution < -0.4 is 15.6 Å². The lowest BCUT2D eigenvalue weighted by molar-refractivity contribution is -0.384. The van der Waals surface area contributed by atoms with Crippen molar-refractivity contribution in [2.75, 3.05) is 10.9 Å². The summed E-state index contributed by atoms with van der Waals surface area (Å²) in [5.74, 6) is 1.54. The fraction of sp³-hybridized carbons (Fsp3) is 0. The maximum absolute atomic E-state index is 10.7. The van der Waals surface area contributed by atoms with Crippen molar-refractivity contribution >= 4 is 28.4 Å². The van der Waals surface area contributed by atoms with Crippen molar-refractivity contribution < 1.29 is 9.66 Å². The lowest BCUT2D eigenvalue weighted by Crippen LogP contribution is -2.07. The summed E-state index contributed by atoms with van der Waals surface area (Å²) in [5.41, 5.74) is 9.21. The highest BCUT2D eigenvalue weighted by molar-refractivity contribution is 5.56. The second kappa shape index (κ2) is 9.86. The number of anilines is 2. The Kier molecular flexibility index (Phi) is 6.33. The molecule has 0 saturated carbocycles. The molecule has 4 aromatic carbocycles. The van der Waals surface area contributed by atoms with E-state index in [0.717, 1.165) is 22.9 Å². The zero-order valence-corrected chi connectivity index (χ0v) is 16.9. The van der Waals surface area contributed by atoms with Gasteiger partial charge in [-0.25, -0.2) is 0 Å². The number of non-ortho nitro benzene ring substituents is 1.